The van der Waals surface area contributed by atoms with Gasteiger partial charge in [0, 0.05) is 20.1 Å². The highest BCUT2D eigenvalue weighted by atomic mass is 16.5. The van der Waals surface area contributed by atoms with E-state index in [1.807, 2.05) is 0 Å². The van der Waals surface area contributed by atoms with Gasteiger partial charge in [-0.05, 0) is 12.8 Å². The molecule has 0 saturated carbocycles. The molecule has 1 fully saturated rings. The predicted molar refractivity (Wildman–Crippen MR) is 94.5 cm³/mol. The van der Waals surface area contributed by atoms with Crippen molar-refractivity contribution in [1.29, 1.82) is 0 Å². The summed E-state index contributed by atoms with van der Waals surface area (Å²) >= 11 is 0. The van der Waals surface area contributed by atoms with E-state index in [4.69, 9.17) is 19.9 Å². The smallest absolute Gasteiger partial charge is 0.217 e. The summed E-state index contributed by atoms with van der Waals surface area (Å²) in [5.74, 6) is -0.303. The predicted octanol–water partition coefficient (Wildman–Crippen LogP) is -1.48. The molecule has 1 saturated heterocycles. The molecule has 0 aliphatic carbocycles. The Hall–Kier alpha value is -0.810. The number of carbonyl (C=O) groups excluding carboxylic acids is 1. The van der Waals surface area contributed by atoms with Gasteiger partial charge in [0.25, 0.3) is 0 Å². The number of hydrogen-bond donors (Lipinski definition) is 5. The minimum absolute atomic E-state index is 0.303. The average Bonchev–Trinajstić information content (AvgIpc) is 2.62. The van der Waals surface area contributed by atoms with Crippen molar-refractivity contribution < 1.29 is 34.3 Å². The van der Waals surface area contributed by atoms with Crippen LogP contribution in [0.4, 0.5) is 0 Å². The fraction of sp³-hybridized carbons (Fsp3) is 0.941. The zero-order valence-corrected chi connectivity index (χ0v) is 15.5. The van der Waals surface area contributed by atoms with E-state index in [9.17, 15) is 20.1 Å². The van der Waals surface area contributed by atoms with E-state index < -0.39 is 30.5 Å². The normalized spacial score (nSPS) is 28.9. The summed E-state index contributed by atoms with van der Waals surface area (Å²) in [6.45, 7) is 3.71. The molecule has 5 atom stereocenters. The Morgan fingerprint density at radius 1 is 1.04 bits per heavy atom. The first-order chi connectivity index (χ1) is 12.5. The summed E-state index contributed by atoms with van der Waals surface area (Å²) in [4.78, 5) is 11.4. The van der Waals surface area contributed by atoms with E-state index in [-0.39, 0.29) is 12.5 Å². The van der Waals surface area contributed by atoms with Crippen molar-refractivity contribution in [3.8, 4) is 0 Å². The number of ether oxygens (including phenoxy) is 3. The van der Waals surface area contributed by atoms with Gasteiger partial charge in [0.05, 0.1) is 38.6 Å². The van der Waals surface area contributed by atoms with Crippen molar-refractivity contribution in [2.45, 2.75) is 63.1 Å². The Balaban J connectivity index is 2.28. The molecule has 1 heterocycles. The molecule has 1 rings (SSSR count). The highest BCUT2D eigenvalue weighted by molar-refractivity contribution is 5.73. The lowest BCUT2D eigenvalue weighted by Crippen LogP contribution is -2.63. The lowest BCUT2D eigenvalue weighted by Gasteiger charge is -2.42. The minimum atomic E-state index is -1.23. The maximum absolute atomic E-state index is 11.4. The second-order valence-electron chi connectivity index (χ2n) is 6.47. The molecule has 9 heteroatoms. The molecule has 1 aliphatic rings. The first-order valence-electron chi connectivity index (χ1n) is 9.26. The number of nitrogens with one attached hydrogen (secondary N) is 1. The number of aliphatic hydroxyl groups excluding tert-OH is 3. The summed E-state index contributed by atoms with van der Waals surface area (Å²) in [7, 11) is 0. The molecule has 154 valence electrons. The van der Waals surface area contributed by atoms with Crippen LogP contribution in [0.15, 0.2) is 0 Å². The summed E-state index contributed by atoms with van der Waals surface area (Å²) in [6.07, 6.45) is -0.520. The number of aliphatic hydroxyl groups is 3. The van der Waals surface area contributed by atoms with Crippen LogP contribution >= 0.6 is 0 Å². The SMILES string of the molecule is CC(=O)N[C@@H]1[C@@H](O)[C@@H](O)[C@@H](CO)O[C@@H]1CCCCCOCCOCCN. The largest absolute Gasteiger partial charge is 0.394 e. The molecule has 9 nitrogen and oxygen atoms in total. The quantitative estimate of drug-likeness (QED) is 0.244. The van der Waals surface area contributed by atoms with Crippen LogP contribution in [0.1, 0.15) is 32.6 Å². The molecule has 0 aromatic rings. The van der Waals surface area contributed by atoms with E-state index in [1.165, 1.54) is 6.92 Å². The van der Waals surface area contributed by atoms with Crippen LogP contribution in [-0.4, -0.2) is 91.3 Å². The van der Waals surface area contributed by atoms with Gasteiger partial charge in [0.2, 0.25) is 5.91 Å². The molecule has 1 aliphatic heterocycles. The highest BCUT2D eigenvalue weighted by Crippen LogP contribution is 2.24. The monoisotopic (exact) mass is 378 g/mol. The maximum Gasteiger partial charge on any atom is 0.217 e. The van der Waals surface area contributed by atoms with E-state index in [2.05, 4.69) is 5.32 Å². The third kappa shape index (κ3) is 8.26. The highest BCUT2D eigenvalue weighted by Gasteiger charge is 2.44. The van der Waals surface area contributed by atoms with Crippen LogP contribution < -0.4 is 11.1 Å². The number of carbonyl (C=O) groups is 1. The Kier molecular flexibility index (Phi) is 11.9. The zero-order valence-electron chi connectivity index (χ0n) is 15.5. The second kappa shape index (κ2) is 13.4. The number of hydrogen-bond acceptors (Lipinski definition) is 8. The molecule has 0 aromatic heterocycles. The third-order valence-corrected chi connectivity index (χ3v) is 4.31. The van der Waals surface area contributed by atoms with Gasteiger partial charge in [-0.25, -0.2) is 0 Å². The van der Waals surface area contributed by atoms with E-state index >= 15 is 0 Å². The van der Waals surface area contributed by atoms with Crippen molar-refractivity contribution in [3.05, 3.63) is 0 Å². The van der Waals surface area contributed by atoms with Gasteiger partial charge in [0.1, 0.15) is 18.3 Å². The third-order valence-electron chi connectivity index (χ3n) is 4.31. The first kappa shape index (κ1) is 23.2. The van der Waals surface area contributed by atoms with E-state index in [0.29, 0.717) is 39.4 Å². The molecule has 0 aromatic carbocycles. The Labute approximate surface area is 154 Å². The summed E-state index contributed by atoms with van der Waals surface area (Å²) < 4.78 is 16.3. The zero-order chi connectivity index (χ0) is 19.4. The van der Waals surface area contributed by atoms with Crippen molar-refractivity contribution in [1.82, 2.24) is 5.32 Å². The molecule has 0 unspecified atom stereocenters. The second-order valence-corrected chi connectivity index (χ2v) is 6.47. The van der Waals surface area contributed by atoms with Crippen LogP contribution in [0.2, 0.25) is 0 Å². The minimum Gasteiger partial charge on any atom is -0.394 e. The lowest BCUT2D eigenvalue weighted by atomic mass is 9.90. The van der Waals surface area contributed by atoms with Gasteiger partial charge in [-0.3, -0.25) is 4.79 Å². The first-order valence-corrected chi connectivity index (χ1v) is 9.26. The van der Waals surface area contributed by atoms with Crippen molar-refractivity contribution in [2.24, 2.45) is 5.73 Å². The van der Waals surface area contributed by atoms with Crippen LogP contribution in [0.3, 0.4) is 0 Å². The van der Waals surface area contributed by atoms with Gasteiger partial charge in [0.15, 0.2) is 0 Å². The molecule has 6 N–H and O–H groups in total. The van der Waals surface area contributed by atoms with Crippen molar-refractivity contribution in [3.63, 3.8) is 0 Å². The molecular formula is C17H34N2O7. The molecule has 0 bridgehead atoms. The molecule has 26 heavy (non-hydrogen) atoms. The summed E-state index contributed by atoms with van der Waals surface area (Å²) in [5, 5.41) is 32.1. The lowest BCUT2D eigenvalue weighted by molar-refractivity contribution is -0.196. The molecule has 0 spiro atoms. The van der Waals surface area contributed by atoms with Gasteiger partial charge in [-0.1, -0.05) is 12.8 Å². The van der Waals surface area contributed by atoms with Crippen LogP contribution in [0, 0.1) is 0 Å². The molecular weight excluding hydrogens is 344 g/mol. The number of nitrogens with two attached hydrogens (primary N) is 1. The Morgan fingerprint density at radius 3 is 2.35 bits per heavy atom. The van der Waals surface area contributed by atoms with Crippen LogP contribution in [-0.2, 0) is 19.0 Å². The van der Waals surface area contributed by atoms with Gasteiger partial charge in [-0.15, -0.1) is 0 Å². The van der Waals surface area contributed by atoms with E-state index in [1.54, 1.807) is 0 Å². The molecule has 1 amide bonds. The Bertz CT molecular complexity index is 386. The maximum atomic E-state index is 11.4. The molecule has 0 radical (unpaired) electrons. The van der Waals surface area contributed by atoms with Gasteiger partial charge in [-0.2, -0.15) is 0 Å². The fourth-order valence-corrected chi connectivity index (χ4v) is 2.99. The van der Waals surface area contributed by atoms with Crippen molar-refractivity contribution in [2.75, 3.05) is 39.6 Å². The number of amides is 1. The van der Waals surface area contributed by atoms with Crippen molar-refractivity contribution >= 4 is 5.91 Å². The van der Waals surface area contributed by atoms with Crippen LogP contribution in [0.25, 0.3) is 0 Å². The van der Waals surface area contributed by atoms with Crippen LogP contribution in [0.5, 0.6) is 0 Å². The van der Waals surface area contributed by atoms with Gasteiger partial charge < -0.3 is 40.6 Å². The fourth-order valence-electron chi connectivity index (χ4n) is 2.99. The average molecular weight is 378 g/mol. The summed E-state index contributed by atoms with van der Waals surface area (Å²) in [6, 6.07) is -0.693. The topological polar surface area (TPSA) is 144 Å². The standard InChI is InChI=1S/C17H34N2O7/c1-12(21)19-15-13(26-14(11-20)16(22)17(15)23)5-3-2-4-7-24-9-10-25-8-6-18/h13-17,20,22-23H,2-11,18H2,1H3,(H,19,21)/t13-,14-,15+,16+,17-/m1/s1. The number of rotatable bonds is 13. The number of unbranched alkanes of at least 4 members (excludes halogenated alkanes) is 2. The Morgan fingerprint density at radius 2 is 1.73 bits per heavy atom. The van der Waals surface area contributed by atoms with Gasteiger partial charge >= 0.3 is 0 Å². The summed E-state index contributed by atoms with van der Waals surface area (Å²) in [5.41, 5.74) is 5.31. The van der Waals surface area contributed by atoms with E-state index in [0.717, 1.165) is 19.3 Å².